The highest BCUT2D eigenvalue weighted by Gasteiger charge is 2.31. The topological polar surface area (TPSA) is 124 Å². The summed E-state index contributed by atoms with van der Waals surface area (Å²) in [5.41, 5.74) is 2.04. The molecule has 1 fully saturated rings. The van der Waals surface area contributed by atoms with Crippen LogP contribution in [0.3, 0.4) is 0 Å². The number of aromatic amines is 1. The minimum atomic E-state index is -0.667. The Bertz CT molecular complexity index is 859. The molecule has 2 aliphatic heterocycles. The van der Waals surface area contributed by atoms with Gasteiger partial charge in [-0.25, -0.2) is 4.98 Å². The molecule has 2 aromatic rings. The summed E-state index contributed by atoms with van der Waals surface area (Å²) >= 11 is 0. The molecule has 0 bridgehead atoms. The molecule has 1 aromatic carbocycles. The van der Waals surface area contributed by atoms with Gasteiger partial charge in [0, 0.05) is 43.7 Å². The van der Waals surface area contributed by atoms with Gasteiger partial charge in [-0.1, -0.05) is 0 Å². The summed E-state index contributed by atoms with van der Waals surface area (Å²) in [7, 11) is 0. The fourth-order valence-electron chi connectivity index (χ4n) is 3.92. The van der Waals surface area contributed by atoms with E-state index in [9.17, 15) is 20.0 Å². The maximum atomic E-state index is 11.7. The van der Waals surface area contributed by atoms with E-state index < -0.39 is 6.10 Å². The molecule has 0 saturated carbocycles. The van der Waals surface area contributed by atoms with Crippen molar-refractivity contribution in [3.05, 3.63) is 46.0 Å². The van der Waals surface area contributed by atoms with Gasteiger partial charge in [-0.3, -0.25) is 14.9 Å². The van der Waals surface area contributed by atoms with E-state index in [0.717, 1.165) is 5.56 Å². The van der Waals surface area contributed by atoms with Gasteiger partial charge >= 0.3 is 0 Å². The largest absolute Gasteiger partial charge is 0.385 e. The normalized spacial score (nSPS) is 18.7. The lowest BCUT2D eigenvalue weighted by molar-refractivity contribution is -0.384. The molecule has 0 aliphatic carbocycles. The van der Waals surface area contributed by atoms with Gasteiger partial charge in [0.2, 0.25) is 5.91 Å². The lowest BCUT2D eigenvalue weighted by Gasteiger charge is -2.35. The van der Waals surface area contributed by atoms with Gasteiger partial charge in [-0.15, -0.1) is 0 Å². The molecule has 4 rings (SSSR count). The molecule has 27 heavy (non-hydrogen) atoms. The van der Waals surface area contributed by atoms with Crippen LogP contribution in [0.4, 0.5) is 17.1 Å². The molecule has 1 unspecified atom stereocenters. The number of rotatable bonds is 4. The van der Waals surface area contributed by atoms with Gasteiger partial charge in [-0.2, -0.15) is 0 Å². The maximum Gasteiger partial charge on any atom is 0.292 e. The highest BCUT2D eigenvalue weighted by Crippen LogP contribution is 2.39. The molecule has 142 valence electrons. The van der Waals surface area contributed by atoms with Crippen LogP contribution < -0.4 is 10.2 Å². The van der Waals surface area contributed by atoms with E-state index in [-0.39, 0.29) is 22.4 Å². The Labute approximate surface area is 155 Å². The number of aliphatic hydroxyl groups excluding tert-OH is 1. The van der Waals surface area contributed by atoms with Crippen LogP contribution in [0.25, 0.3) is 0 Å². The predicted molar refractivity (Wildman–Crippen MR) is 98.5 cm³/mol. The number of imidazole rings is 1. The molecule has 2 aliphatic rings. The van der Waals surface area contributed by atoms with Gasteiger partial charge in [0.25, 0.3) is 5.69 Å². The number of carbonyl (C=O) groups is 1. The van der Waals surface area contributed by atoms with Crippen molar-refractivity contribution in [3.63, 3.8) is 0 Å². The summed E-state index contributed by atoms with van der Waals surface area (Å²) in [6.07, 6.45) is 4.88. The summed E-state index contributed by atoms with van der Waals surface area (Å²) in [6, 6.07) is 3.29. The van der Waals surface area contributed by atoms with E-state index in [1.165, 1.54) is 0 Å². The fraction of sp³-hybridized carbons (Fsp3) is 0.444. The molecular formula is C18H21N5O4. The standard InChI is InChI=1S/C18H21N5O4/c24-16-2-1-12-9-15(23(26)27)14(10-13(12)21-16)22-7-3-11(4-8-22)17(25)18-19-5-6-20-18/h5-6,9-11,17,25H,1-4,7-8H2,(H,19,20)(H,21,24). The number of nitro groups is 1. The fourth-order valence-corrected chi connectivity index (χ4v) is 3.92. The van der Waals surface area contributed by atoms with Crippen molar-refractivity contribution in [2.45, 2.75) is 31.8 Å². The molecule has 0 spiro atoms. The van der Waals surface area contributed by atoms with Crippen LogP contribution in [0.5, 0.6) is 0 Å². The first-order chi connectivity index (χ1) is 13.0. The zero-order valence-electron chi connectivity index (χ0n) is 14.7. The number of aryl methyl sites for hydroxylation is 1. The Hall–Kier alpha value is -2.94. The number of amides is 1. The first-order valence-electron chi connectivity index (χ1n) is 9.06. The number of anilines is 2. The number of hydrogen-bond donors (Lipinski definition) is 3. The summed E-state index contributed by atoms with van der Waals surface area (Å²) in [4.78, 5) is 31.9. The van der Waals surface area contributed by atoms with Crippen molar-refractivity contribution in [3.8, 4) is 0 Å². The van der Waals surface area contributed by atoms with Crippen LogP contribution >= 0.6 is 0 Å². The summed E-state index contributed by atoms with van der Waals surface area (Å²) in [5.74, 6) is 0.530. The van der Waals surface area contributed by atoms with Gasteiger partial charge in [-0.05, 0) is 36.8 Å². The average molecular weight is 371 g/mol. The van der Waals surface area contributed by atoms with Crippen LogP contribution in [-0.4, -0.2) is 39.0 Å². The second-order valence-corrected chi connectivity index (χ2v) is 7.05. The first kappa shape index (κ1) is 17.5. The van der Waals surface area contributed by atoms with Crippen LogP contribution in [-0.2, 0) is 11.2 Å². The van der Waals surface area contributed by atoms with Crippen LogP contribution in [0.2, 0.25) is 0 Å². The molecule has 3 heterocycles. The molecule has 9 heteroatoms. The molecule has 1 aromatic heterocycles. The highest BCUT2D eigenvalue weighted by atomic mass is 16.6. The summed E-state index contributed by atoms with van der Waals surface area (Å²) < 4.78 is 0. The average Bonchev–Trinajstić information content (AvgIpc) is 3.21. The lowest BCUT2D eigenvalue weighted by Crippen LogP contribution is -2.36. The van der Waals surface area contributed by atoms with Crippen molar-refractivity contribution >= 4 is 23.0 Å². The van der Waals surface area contributed by atoms with Crippen molar-refractivity contribution < 1.29 is 14.8 Å². The van der Waals surface area contributed by atoms with Crippen LogP contribution in [0, 0.1) is 16.0 Å². The van der Waals surface area contributed by atoms with Crippen molar-refractivity contribution in [2.24, 2.45) is 5.92 Å². The number of nitro benzene ring substituents is 1. The Morgan fingerprint density at radius 1 is 1.30 bits per heavy atom. The number of aromatic nitrogens is 2. The third-order valence-electron chi connectivity index (χ3n) is 5.42. The van der Waals surface area contributed by atoms with Crippen LogP contribution in [0.15, 0.2) is 24.5 Å². The minimum absolute atomic E-state index is 0.0452. The number of aliphatic hydroxyl groups is 1. The number of nitrogens with one attached hydrogen (secondary N) is 2. The molecule has 3 N–H and O–H groups in total. The Kier molecular flexibility index (Phi) is 4.53. The van der Waals surface area contributed by atoms with E-state index in [2.05, 4.69) is 15.3 Å². The number of hydrogen-bond acceptors (Lipinski definition) is 6. The smallest absolute Gasteiger partial charge is 0.292 e. The number of carbonyl (C=O) groups excluding carboxylic acids is 1. The van der Waals surface area contributed by atoms with Gasteiger partial charge in [0.1, 0.15) is 17.6 Å². The Balaban J connectivity index is 1.54. The molecular weight excluding hydrogens is 350 g/mol. The molecule has 9 nitrogen and oxygen atoms in total. The SMILES string of the molecule is O=C1CCc2cc([N+](=O)[O-])c(N3CCC(C(O)c4ncc[nH]4)CC3)cc2N1. The zero-order chi connectivity index (χ0) is 19.0. The Morgan fingerprint density at radius 2 is 2.07 bits per heavy atom. The third kappa shape index (κ3) is 3.37. The molecule has 1 saturated heterocycles. The monoisotopic (exact) mass is 371 g/mol. The van der Waals surface area contributed by atoms with Crippen molar-refractivity contribution in [1.82, 2.24) is 9.97 Å². The van der Waals surface area contributed by atoms with Gasteiger partial charge < -0.3 is 20.3 Å². The number of piperidine rings is 1. The molecule has 1 atom stereocenters. The second kappa shape index (κ2) is 6.99. The van der Waals surface area contributed by atoms with Crippen LogP contribution in [0.1, 0.15) is 36.8 Å². The highest BCUT2D eigenvalue weighted by molar-refractivity contribution is 5.95. The van der Waals surface area contributed by atoms with Crippen molar-refractivity contribution in [1.29, 1.82) is 0 Å². The lowest BCUT2D eigenvalue weighted by atomic mass is 9.90. The number of H-pyrrole nitrogens is 1. The second-order valence-electron chi connectivity index (χ2n) is 7.05. The predicted octanol–water partition coefficient (Wildman–Crippen LogP) is 2.15. The number of nitrogens with zero attached hydrogens (tertiary/aromatic N) is 3. The van der Waals surface area contributed by atoms with E-state index in [0.29, 0.717) is 56.0 Å². The van der Waals surface area contributed by atoms with E-state index in [1.54, 1.807) is 24.5 Å². The van der Waals surface area contributed by atoms with E-state index in [4.69, 9.17) is 0 Å². The van der Waals surface area contributed by atoms with E-state index >= 15 is 0 Å². The summed E-state index contributed by atoms with van der Waals surface area (Å²) in [6.45, 7) is 1.19. The Morgan fingerprint density at radius 3 is 2.74 bits per heavy atom. The quantitative estimate of drug-likeness (QED) is 0.559. The van der Waals surface area contributed by atoms with E-state index in [1.807, 2.05) is 4.90 Å². The number of benzene rings is 1. The minimum Gasteiger partial charge on any atom is -0.385 e. The number of fused-ring (bicyclic) bond motifs is 1. The first-order valence-corrected chi connectivity index (χ1v) is 9.06. The third-order valence-corrected chi connectivity index (χ3v) is 5.42. The van der Waals surface area contributed by atoms with Gasteiger partial charge in [0.05, 0.1) is 4.92 Å². The molecule has 0 radical (unpaired) electrons. The zero-order valence-corrected chi connectivity index (χ0v) is 14.7. The maximum absolute atomic E-state index is 11.7. The summed E-state index contributed by atoms with van der Waals surface area (Å²) in [5, 5.41) is 24.8. The molecule has 1 amide bonds. The van der Waals surface area contributed by atoms with Crippen molar-refractivity contribution in [2.75, 3.05) is 23.3 Å². The van der Waals surface area contributed by atoms with Gasteiger partial charge in [0.15, 0.2) is 0 Å².